The standard InChI is InChI=1S/C23H28N4O2/c1-16(2)14-20(26-22(28)19-9-5-4-8-17(19)3)23(29)24-12-11-18-15-27-13-7-6-10-21(27)25-18/h4-10,13,15-16,20H,11-12,14H2,1-3H3,(H,24,29)(H,26,28)/t20-/m0/s1. The molecule has 0 aliphatic heterocycles. The van der Waals surface area contributed by atoms with E-state index in [0.29, 0.717) is 24.9 Å². The maximum absolute atomic E-state index is 12.7. The number of carbonyl (C=O) groups excluding carboxylic acids is 2. The lowest BCUT2D eigenvalue weighted by atomic mass is 10.0. The minimum atomic E-state index is -0.567. The normalized spacial score (nSPS) is 12.1. The third-order valence-corrected chi connectivity index (χ3v) is 4.81. The van der Waals surface area contributed by atoms with Crippen molar-refractivity contribution in [3.8, 4) is 0 Å². The highest BCUT2D eigenvalue weighted by atomic mass is 16.2. The van der Waals surface area contributed by atoms with Gasteiger partial charge in [-0.3, -0.25) is 9.59 Å². The van der Waals surface area contributed by atoms with Crippen molar-refractivity contribution < 1.29 is 9.59 Å². The van der Waals surface area contributed by atoms with Crippen molar-refractivity contribution in [1.82, 2.24) is 20.0 Å². The molecule has 0 aliphatic carbocycles. The smallest absolute Gasteiger partial charge is 0.252 e. The van der Waals surface area contributed by atoms with E-state index in [9.17, 15) is 9.59 Å². The Morgan fingerprint density at radius 2 is 1.86 bits per heavy atom. The predicted octanol–water partition coefficient (Wildman–Crippen LogP) is 3.15. The zero-order valence-corrected chi connectivity index (χ0v) is 17.2. The van der Waals surface area contributed by atoms with Crippen LogP contribution in [0, 0.1) is 12.8 Å². The number of aromatic nitrogens is 2. The molecule has 6 nitrogen and oxygen atoms in total. The average Bonchev–Trinajstić information content (AvgIpc) is 3.10. The van der Waals surface area contributed by atoms with E-state index in [0.717, 1.165) is 16.9 Å². The van der Waals surface area contributed by atoms with Gasteiger partial charge in [-0.05, 0) is 43.0 Å². The van der Waals surface area contributed by atoms with Gasteiger partial charge < -0.3 is 15.0 Å². The topological polar surface area (TPSA) is 75.5 Å². The molecule has 0 aliphatic rings. The quantitative estimate of drug-likeness (QED) is 0.618. The summed E-state index contributed by atoms with van der Waals surface area (Å²) in [5.74, 6) is -0.102. The number of rotatable bonds is 8. The lowest BCUT2D eigenvalue weighted by Gasteiger charge is -2.20. The van der Waals surface area contributed by atoms with Gasteiger partial charge in [-0.15, -0.1) is 0 Å². The largest absolute Gasteiger partial charge is 0.354 e. The number of pyridine rings is 1. The van der Waals surface area contributed by atoms with Crippen LogP contribution in [0.1, 0.15) is 41.9 Å². The van der Waals surface area contributed by atoms with E-state index in [4.69, 9.17) is 0 Å². The minimum absolute atomic E-state index is 0.163. The number of benzene rings is 1. The van der Waals surface area contributed by atoms with Gasteiger partial charge >= 0.3 is 0 Å². The molecule has 1 atom stereocenters. The van der Waals surface area contributed by atoms with Gasteiger partial charge in [0.25, 0.3) is 5.91 Å². The number of aryl methyl sites for hydroxylation is 1. The number of amides is 2. The van der Waals surface area contributed by atoms with E-state index in [1.54, 1.807) is 6.07 Å². The van der Waals surface area contributed by atoms with Crippen LogP contribution < -0.4 is 10.6 Å². The molecule has 0 radical (unpaired) electrons. The number of carbonyl (C=O) groups is 2. The summed E-state index contributed by atoms with van der Waals surface area (Å²) in [4.78, 5) is 29.9. The molecule has 2 amide bonds. The van der Waals surface area contributed by atoms with E-state index in [1.165, 1.54) is 0 Å². The molecule has 3 aromatic rings. The fourth-order valence-corrected chi connectivity index (χ4v) is 3.31. The van der Waals surface area contributed by atoms with Crippen molar-refractivity contribution in [3.63, 3.8) is 0 Å². The van der Waals surface area contributed by atoms with Crippen molar-refractivity contribution in [2.75, 3.05) is 6.54 Å². The molecule has 3 rings (SSSR count). The molecule has 1 aromatic carbocycles. The van der Waals surface area contributed by atoms with Crippen LogP contribution in [-0.2, 0) is 11.2 Å². The van der Waals surface area contributed by atoms with Gasteiger partial charge in [0.1, 0.15) is 11.7 Å². The summed E-state index contributed by atoms with van der Waals surface area (Å²) in [5.41, 5.74) is 3.29. The van der Waals surface area contributed by atoms with Crippen molar-refractivity contribution in [2.45, 2.75) is 39.7 Å². The molecule has 0 spiro atoms. The third kappa shape index (κ3) is 5.44. The summed E-state index contributed by atoms with van der Waals surface area (Å²) in [5, 5.41) is 5.85. The first-order chi connectivity index (χ1) is 13.9. The van der Waals surface area contributed by atoms with Gasteiger partial charge in [0.15, 0.2) is 0 Å². The number of fused-ring (bicyclic) bond motifs is 1. The molecule has 0 saturated carbocycles. The summed E-state index contributed by atoms with van der Waals surface area (Å²) >= 11 is 0. The molecular formula is C23H28N4O2. The third-order valence-electron chi connectivity index (χ3n) is 4.81. The number of imidazole rings is 1. The van der Waals surface area contributed by atoms with Crippen molar-refractivity contribution in [1.29, 1.82) is 0 Å². The minimum Gasteiger partial charge on any atom is -0.354 e. The first-order valence-corrected chi connectivity index (χ1v) is 10.0. The van der Waals surface area contributed by atoms with Gasteiger partial charge in [0.05, 0.1) is 5.69 Å². The number of hydrogen-bond donors (Lipinski definition) is 2. The Morgan fingerprint density at radius 1 is 1.10 bits per heavy atom. The molecule has 29 heavy (non-hydrogen) atoms. The van der Waals surface area contributed by atoms with Gasteiger partial charge in [-0.2, -0.15) is 0 Å². The summed E-state index contributed by atoms with van der Waals surface area (Å²) in [7, 11) is 0. The highest BCUT2D eigenvalue weighted by molar-refractivity contribution is 5.98. The van der Waals surface area contributed by atoms with Crippen LogP contribution in [0.25, 0.3) is 5.65 Å². The van der Waals surface area contributed by atoms with Crippen LogP contribution in [-0.4, -0.2) is 33.8 Å². The molecule has 152 valence electrons. The van der Waals surface area contributed by atoms with E-state index in [2.05, 4.69) is 15.6 Å². The van der Waals surface area contributed by atoms with Crippen molar-refractivity contribution >= 4 is 17.5 Å². The average molecular weight is 393 g/mol. The summed E-state index contributed by atoms with van der Waals surface area (Å²) in [6.45, 7) is 6.44. The molecule has 2 N–H and O–H groups in total. The van der Waals surface area contributed by atoms with Gasteiger partial charge in [0, 0.05) is 30.9 Å². The molecule has 0 fully saturated rings. The number of nitrogens with zero attached hydrogens (tertiary/aromatic N) is 2. The van der Waals surface area contributed by atoms with Gasteiger partial charge in [-0.25, -0.2) is 4.98 Å². The maximum atomic E-state index is 12.7. The number of hydrogen-bond acceptors (Lipinski definition) is 3. The van der Waals surface area contributed by atoms with Crippen LogP contribution in [0.15, 0.2) is 54.9 Å². The molecular weight excluding hydrogens is 364 g/mol. The lowest BCUT2D eigenvalue weighted by Crippen LogP contribution is -2.48. The highest BCUT2D eigenvalue weighted by Gasteiger charge is 2.23. The van der Waals surface area contributed by atoms with Crippen molar-refractivity contribution in [2.24, 2.45) is 5.92 Å². The first-order valence-electron chi connectivity index (χ1n) is 10.0. The molecule has 0 unspecified atom stereocenters. The van der Waals surface area contributed by atoms with E-state index in [-0.39, 0.29) is 17.7 Å². The van der Waals surface area contributed by atoms with Crippen molar-refractivity contribution in [3.05, 3.63) is 71.7 Å². The van der Waals surface area contributed by atoms with Gasteiger partial charge in [-0.1, -0.05) is 38.1 Å². The predicted molar refractivity (Wildman–Crippen MR) is 114 cm³/mol. The molecule has 0 saturated heterocycles. The Kier molecular flexibility index (Phi) is 6.65. The molecule has 2 aromatic heterocycles. The highest BCUT2D eigenvalue weighted by Crippen LogP contribution is 2.10. The Hall–Kier alpha value is -3.15. The number of nitrogens with one attached hydrogen (secondary N) is 2. The monoisotopic (exact) mass is 392 g/mol. The second kappa shape index (κ2) is 9.37. The SMILES string of the molecule is Cc1ccccc1C(=O)N[C@@H](CC(C)C)C(=O)NCCc1cn2ccccc2n1. The summed E-state index contributed by atoms with van der Waals surface area (Å²) < 4.78 is 1.96. The Bertz CT molecular complexity index is 960. The van der Waals surface area contributed by atoms with E-state index >= 15 is 0 Å². The Morgan fingerprint density at radius 3 is 2.59 bits per heavy atom. The van der Waals surface area contributed by atoms with Crippen LogP contribution in [0.3, 0.4) is 0 Å². The molecule has 6 heteroatoms. The van der Waals surface area contributed by atoms with Crippen LogP contribution in [0.2, 0.25) is 0 Å². The zero-order chi connectivity index (χ0) is 20.8. The fourth-order valence-electron chi connectivity index (χ4n) is 3.31. The first kappa shape index (κ1) is 20.6. The lowest BCUT2D eigenvalue weighted by molar-refractivity contribution is -0.123. The van der Waals surface area contributed by atoms with E-state index in [1.807, 2.05) is 74.0 Å². The summed E-state index contributed by atoms with van der Waals surface area (Å²) in [6, 6.07) is 12.7. The Labute approximate surface area is 171 Å². The van der Waals surface area contributed by atoms with Crippen LogP contribution >= 0.6 is 0 Å². The fraction of sp³-hybridized carbons (Fsp3) is 0.348. The summed E-state index contributed by atoms with van der Waals surface area (Å²) in [6.07, 6.45) is 5.13. The molecule has 0 bridgehead atoms. The second-order valence-corrected chi connectivity index (χ2v) is 7.71. The zero-order valence-electron chi connectivity index (χ0n) is 17.2. The van der Waals surface area contributed by atoms with Crippen LogP contribution in [0.5, 0.6) is 0 Å². The molecule has 2 heterocycles. The Balaban J connectivity index is 1.59. The van der Waals surface area contributed by atoms with E-state index < -0.39 is 6.04 Å². The second-order valence-electron chi connectivity index (χ2n) is 7.71. The van der Waals surface area contributed by atoms with Gasteiger partial charge in [0.2, 0.25) is 5.91 Å². The maximum Gasteiger partial charge on any atom is 0.252 e. The van der Waals surface area contributed by atoms with Crippen LogP contribution in [0.4, 0.5) is 0 Å².